The molecule has 74 valence electrons. The molecule has 0 unspecified atom stereocenters. The molecule has 1 aromatic carbocycles. The van der Waals surface area contributed by atoms with Crippen LogP contribution in [0.4, 0.5) is 0 Å². The van der Waals surface area contributed by atoms with E-state index in [0.717, 1.165) is 11.1 Å². The Balaban J connectivity index is 3.30. The number of rotatable bonds is 2. The van der Waals surface area contributed by atoms with E-state index < -0.39 is 0 Å². The van der Waals surface area contributed by atoms with Crippen molar-refractivity contribution in [2.75, 3.05) is 0 Å². The van der Waals surface area contributed by atoms with E-state index in [0.29, 0.717) is 0 Å². The van der Waals surface area contributed by atoms with Crippen LogP contribution in [0.1, 0.15) is 36.7 Å². The minimum absolute atomic E-state index is 0.00414. The van der Waals surface area contributed by atoms with Crippen LogP contribution in [-0.2, 0) is 5.41 Å². The monoisotopic (exact) mass is 188 g/mol. The molecule has 0 saturated carbocycles. The Morgan fingerprint density at radius 1 is 1.29 bits per heavy atom. The first-order chi connectivity index (χ1) is 6.46. The molecule has 1 rings (SSSR count). The molecule has 0 radical (unpaired) electrons. The normalized spacial score (nSPS) is 11.1. The maximum absolute atomic E-state index is 11.6. The van der Waals surface area contributed by atoms with E-state index >= 15 is 0 Å². The third-order valence-corrected chi connectivity index (χ3v) is 2.19. The van der Waals surface area contributed by atoms with Gasteiger partial charge in [-0.05, 0) is 17.1 Å². The zero-order valence-electron chi connectivity index (χ0n) is 9.00. The molecule has 0 aliphatic carbocycles. The van der Waals surface area contributed by atoms with Gasteiger partial charge in [0.2, 0.25) is 0 Å². The van der Waals surface area contributed by atoms with Crippen LogP contribution in [0.5, 0.6) is 0 Å². The minimum Gasteiger partial charge on any atom is -0.289 e. The molecule has 0 saturated heterocycles. The highest BCUT2D eigenvalue weighted by Crippen LogP contribution is 2.25. The number of carbonyl (C=O) groups excluding carboxylic acids is 1. The summed E-state index contributed by atoms with van der Waals surface area (Å²) in [6.45, 7) is 9.81. The smallest absolute Gasteiger partial charge is 0.185 e. The average molecular weight is 188 g/mol. The zero-order valence-corrected chi connectivity index (χ0v) is 9.00. The van der Waals surface area contributed by atoms with Gasteiger partial charge >= 0.3 is 0 Å². The van der Waals surface area contributed by atoms with E-state index in [1.165, 1.54) is 6.08 Å². The van der Waals surface area contributed by atoms with Crippen LogP contribution in [0, 0.1) is 0 Å². The summed E-state index contributed by atoms with van der Waals surface area (Å²) in [5.74, 6) is -0.00414. The first kappa shape index (κ1) is 10.7. The molecule has 0 spiro atoms. The fraction of sp³-hybridized carbons (Fsp3) is 0.308. The summed E-state index contributed by atoms with van der Waals surface area (Å²) in [7, 11) is 0. The second-order valence-electron chi connectivity index (χ2n) is 4.36. The minimum atomic E-state index is -0.00470. The molecule has 1 aromatic rings. The quantitative estimate of drug-likeness (QED) is 0.514. The molecule has 0 amide bonds. The second kappa shape index (κ2) is 3.79. The van der Waals surface area contributed by atoms with Crippen molar-refractivity contribution < 1.29 is 4.79 Å². The Kier molecular flexibility index (Phi) is 2.90. The van der Waals surface area contributed by atoms with Gasteiger partial charge in [0.25, 0.3) is 0 Å². The van der Waals surface area contributed by atoms with Crippen molar-refractivity contribution in [1.29, 1.82) is 0 Å². The molecule has 1 heteroatoms. The van der Waals surface area contributed by atoms with Gasteiger partial charge in [-0.2, -0.15) is 0 Å². The lowest BCUT2D eigenvalue weighted by Gasteiger charge is -2.21. The molecule has 0 fully saturated rings. The predicted molar refractivity (Wildman–Crippen MR) is 59.7 cm³/mol. The summed E-state index contributed by atoms with van der Waals surface area (Å²) in [5.41, 5.74) is 1.83. The van der Waals surface area contributed by atoms with Gasteiger partial charge < -0.3 is 0 Å². The molecular weight excluding hydrogens is 172 g/mol. The fourth-order valence-corrected chi connectivity index (χ4v) is 1.46. The third-order valence-electron chi connectivity index (χ3n) is 2.19. The Labute approximate surface area is 85.5 Å². The Hall–Kier alpha value is -1.37. The standard InChI is InChI=1S/C13H16O/c1-5-12(14)10-8-6-7-9-11(10)13(2,3)4/h5-9H,1H2,2-4H3. The molecule has 0 aliphatic heterocycles. The van der Waals surface area contributed by atoms with Crippen LogP contribution in [0.15, 0.2) is 36.9 Å². The third kappa shape index (κ3) is 2.11. The van der Waals surface area contributed by atoms with E-state index in [1.807, 2.05) is 24.3 Å². The lowest BCUT2D eigenvalue weighted by molar-refractivity contribution is 0.104. The lowest BCUT2D eigenvalue weighted by atomic mass is 9.83. The van der Waals surface area contributed by atoms with E-state index in [2.05, 4.69) is 27.4 Å². The Morgan fingerprint density at radius 2 is 1.86 bits per heavy atom. The van der Waals surface area contributed by atoms with Crippen molar-refractivity contribution in [1.82, 2.24) is 0 Å². The van der Waals surface area contributed by atoms with E-state index in [1.54, 1.807) is 0 Å². The van der Waals surface area contributed by atoms with E-state index in [-0.39, 0.29) is 11.2 Å². The molecular formula is C13H16O. The SMILES string of the molecule is C=CC(=O)c1ccccc1C(C)(C)C. The molecule has 0 aromatic heterocycles. The molecule has 0 atom stereocenters. The summed E-state index contributed by atoms with van der Waals surface area (Å²) in [6.07, 6.45) is 1.37. The first-order valence-electron chi connectivity index (χ1n) is 4.73. The number of hydrogen-bond acceptors (Lipinski definition) is 1. The Morgan fingerprint density at radius 3 is 2.36 bits per heavy atom. The molecule has 0 heterocycles. The largest absolute Gasteiger partial charge is 0.289 e. The average Bonchev–Trinajstić information content (AvgIpc) is 2.15. The van der Waals surface area contributed by atoms with Gasteiger partial charge in [0.15, 0.2) is 5.78 Å². The van der Waals surface area contributed by atoms with Gasteiger partial charge in [-0.15, -0.1) is 0 Å². The highest BCUT2D eigenvalue weighted by Gasteiger charge is 2.19. The van der Waals surface area contributed by atoms with Crippen molar-refractivity contribution in [3.63, 3.8) is 0 Å². The Bertz CT molecular complexity index is 356. The molecule has 0 bridgehead atoms. The predicted octanol–water partition coefficient (Wildman–Crippen LogP) is 3.35. The van der Waals surface area contributed by atoms with Crippen molar-refractivity contribution in [2.24, 2.45) is 0 Å². The van der Waals surface area contributed by atoms with Crippen LogP contribution in [-0.4, -0.2) is 5.78 Å². The van der Waals surface area contributed by atoms with Crippen molar-refractivity contribution in [3.8, 4) is 0 Å². The van der Waals surface area contributed by atoms with Crippen LogP contribution in [0.3, 0.4) is 0 Å². The summed E-state index contributed by atoms with van der Waals surface area (Å²) in [4.78, 5) is 11.6. The van der Waals surface area contributed by atoms with Gasteiger partial charge in [-0.25, -0.2) is 0 Å². The number of benzene rings is 1. The van der Waals surface area contributed by atoms with Crippen molar-refractivity contribution in [2.45, 2.75) is 26.2 Å². The first-order valence-corrected chi connectivity index (χ1v) is 4.73. The second-order valence-corrected chi connectivity index (χ2v) is 4.36. The number of ketones is 1. The molecule has 0 aliphatic rings. The maximum Gasteiger partial charge on any atom is 0.185 e. The van der Waals surface area contributed by atoms with E-state index in [9.17, 15) is 4.79 Å². The van der Waals surface area contributed by atoms with Crippen LogP contribution < -0.4 is 0 Å². The van der Waals surface area contributed by atoms with Crippen LogP contribution in [0.25, 0.3) is 0 Å². The highest BCUT2D eigenvalue weighted by atomic mass is 16.1. The van der Waals surface area contributed by atoms with Gasteiger partial charge in [-0.3, -0.25) is 4.79 Å². The summed E-state index contributed by atoms with van der Waals surface area (Å²) >= 11 is 0. The maximum atomic E-state index is 11.6. The molecule has 0 N–H and O–H groups in total. The van der Waals surface area contributed by atoms with Gasteiger partial charge in [0.05, 0.1) is 0 Å². The summed E-state index contributed by atoms with van der Waals surface area (Å²) < 4.78 is 0. The van der Waals surface area contributed by atoms with Crippen molar-refractivity contribution in [3.05, 3.63) is 48.0 Å². The van der Waals surface area contributed by atoms with Gasteiger partial charge in [0.1, 0.15) is 0 Å². The number of hydrogen-bond donors (Lipinski definition) is 0. The van der Waals surface area contributed by atoms with Gasteiger partial charge in [-0.1, -0.05) is 51.6 Å². The molecule has 14 heavy (non-hydrogen) atoms. The van der Waals surface area contributed by atoms with Crippen LogP contribution >= 0.6 is 0 Å². The lowest BCUT2D eigenvalue weighted by Crippen LogP contribution is -2.15. The van der Waals surface area contributed by atoms with E-state index in [4.69, 9.17) is 0 Å². The van der Waals surface area contributed by atoms with Crippen molar-refractivity contribution >= 4 is 5.78 Å². The molecule has 1 nitrogen and oxygen atoms in total. The highest BCUT2D eigenvalue weighted by molar-refractivity contribution is 6.05. The summed E-state index contributed by atoms with van der Waals surface area (Å²) in [5, 5.41) is 0. The zero-order chi connectivity index (χ0) is 10.8. The number of allylic oxidation sites excluding steroid dienone is 1. The number of carbonyl (C=O) groups is 1. The van der Waals surface area contributed by atoms with Gasteiger partial charge in [0, 0.05) is 5.56 Å². The van der Waals surface area contributed by atoms with Crippen LogP contribution in [0.2, 0.25) is 0 Å². The topological polar surface area (TPSA) is 17.1 Å². The fourth-order valence-electron chi connectivity index (χ4n) is 1.46. The summed E-state index contributed by atoms with van der Waals surface area (Å²) in [6, 6.07) is 7.69.